The van der Waals surface area contributed by atoms with Crippen LogP contribution >= 0.6 is 11.6 Å². The number of benzene rings is 2. The van der Waals surface area contributed by atoms with Crippen molar-refractivity contribution in [2.24, 2.45) is 0 Å². The van der Waals surface area contributed by atoms with E-state index in [1.54, 1.807) is 54.6 Å². The lowest BCUT2D eigenvalue weighted by Gasteiger charge is -2.23. The van der Waals surface area contributed by atoms with E-state index >= 15 is 0 Å². The average molecular weight is 394 g/mol. The molecule has 2 aromatic carbocycles. The van der Waals surface area contributed by atoms with Gasteiger partial charge in [-0.3, -0.25) is 4.79 Å². The highest BCUT2D eigenvalue weighted by atomic mass is 35.5. The van der Waals surface area contributed by atoms with Crippen LogP contribution in [0.5, 0.6) is 0 Å². The Morgan fingerprint density at radius 1 is 1.08 bits per heavy atom. The van der Waals surface area contributed by atoms with Gasteiger partial charge in [-0.15, -0.1) is 0 Å². The van der Waals surface area contributed by atoms with Gasteiger partial charge in [-0.1, -0.05) is 60.1 Å². The van der Waals surface area contributed by atoms with Crippen LogP contribution in [0.4, 0.5) is 0 Å². The van der Waals surface area contributed by atoms with Gasteiger partial charge in [0.1, 0.15) is 0 Å². The van der Waals surface area contributed by atoms with E-state index in [0.717, 1.165) is 0 Å². The van der Waals surface area contributed by atoms with Gasteiger partial charge >= 0.3 is 0 Å². The monoisotopic (exact) mass is 393 g/mol. The summed E-state index contributed by atoms with van der Waals surface area (Å²) in [6, 6.07) is 15.5. The molecule has 1 heterocycles. The molecule has 2 unspecified atom stereocenters. The lowest BCUT2D eigenvalue weighted by Crippen LogP contribution is -2.37. The third-order valence-corrected chi connectivity index (χ3v) is 7.11. The van der Waals surface area contributed by atoms with E-state index in [1.807, 2.05) is 0 Å². The first kappa shape index (κ1) is 18.9. The van der Waals surface area contributed by atoms with Crippen molar-refractivity contribution in [3.63, 3.8) is 0 Å². The first-order valence-electron chi connectivity index (χ1n) is 8.38. The SMILES string of the molecule is O=C(C(O)c1ccccc1)N1CCC(c2ccccc2Cl)S(=O)(=O)CC1. The lowest BCUT2D eigenvalue weighted by atomic mass is 10.1. The van der Waals surface area contributed by atoms with Crippen LogP contribution in [0.15, 0.2) is 54.6 Å². The maximum Gasteiger partial charge on any atom is 0.256 e. The molecule has 3 rings (SSSR count). The zero-order valence-corrected chi connectivity index (χ0v) is 15.7. The van der Waals surface area contributed by atoms with Gasteiger partial charge in [0.05, 0.1) is 11.0 Å². The smallest absolute Gasteiger partial charge is 0.256 e. The molecule has 0 radical (unpaired) electrons. The highest BCUT2D eigenvalue weighted by Gasteiger charge is 2.35. The molecule has 2 atom stereocenters. The fraction of sp³-hybridized carbons (Fsp3) is 0.316. The Labute approximate surface area is 158 Å². The highest BCUT2D eigenvalue weighted by Crippen LogP contribution is 2.34. The molecular formula is C19H20ClNO4S. The van der Waals surface area contributed by atoms with E-state index in [4.69, 9.17) is 11.6 Å². The van der Waals surface area contributed by atoms with E-state index in [9.17, 15) is 18.3 Å². The standard InChI is InChI=1S/C19H20ClNO4S/c20-16-9-5-4-8-15(16)17-10-11-21(12-13-26(17,24)25)19(23)18(22)14-6-2-1-3-7-14/h1-9,17-18,22H,10-13H2. The van der Waals surface area contributed by atoms with E-state index in [0.29, 0.717) is 16.1 Å². The molecule has 1 amide bonds. The highest BCUT2D eigenvalue weighted by molar-refractivity contribution is 7.91. The van der Waals surface area contributed by atoms with Crippen molar-refractivity contribution in [3.8, 4) is 0 Å². The molecule has 1 aliphatic rings. The van der Waals surface area contributed by atoms with Crippen LogP contribution in [0.3, 0.4) is 0 Å². The minimum atomic E-state index is -3.45. The van der Waals surface area contributed by atoms with Crippen LogP contribution in [0.25, 0.3) is 0 Å². The summed E-state index contributed by atoms with van der Waals surface area (Å²) in [4.78, 5) is 14.1. The van der Waals surface area contributed by atoms with Crippen LogP contribution in [-0.4, -0.2) is 43.2 Å². The molecule has 26 heavy (non-hydrogen) atoms. The molecule has 0 aliphatic carbocycles. The zero-order chi connectivity index (χ0) is 18.7. The fourth-order valence-electron chi connectivity index (χ4n) is 3.20. The van der Waals surface area contributed by atoms with Gasteiger partial charge in [-0.2, -0.15) is 0 Å². The third kappa shape index (κ3) is 3.92. The van der Waals surface area contributed by atoms with Gasteiger partial charge in [0.25, 0.3) is 5.91 Å². The number of hydrogen-bond acceptors (Lipinski definition) is 4. The fourth-order valence-corrected chi connectivity index (χ4v) is 5.35. The van der Waals surface area contributed by atoms with Crippen LogP contribution in [0.1, 0.15) is 28.9 Å². The van der Waals surface area contributed by atoms with E-state index in [-0.39, 0.29) is 25.3 Å². The van der Waals surface area contributed by atoms with E-state index in [2.05, 4.69) is 0 Å². The van der Waals surface area contributed by atoms with Crippen molar-refractivity contribution in [1.29, 1.82) is 0 Å². The average Bonchev–Trinajstić information content (AvgIpc) is 2.80. The minimum Gasteiger partial charge on any atom is -0.378 e. The first-order chi connectivity index (χ1) is 12.4. The second-order valence-corrected chi connectivity index (χ2v) is 9.01. The molecule has 1 N–H and O–H groups in total. The summed E-state index contributed by atoms with van der Waals surface area (Å²) < 4.78 is 25.4. The normalized spacial score (nSPS) is 21.0. The van der Waals surface area contributed by atoms with Crippen LogP contribution < -0.4 is 0 Å². The van der Waals surface area contributed by atoms with Gasteiger partial charge in [0, 0.05) is 18.1 Å². The molecule has 0 bridgehead atoms. The first-order valence-corrected chi connectivity index (χ1v) is 10.5. The molecule has 5 nitrogen and oxygen atoms in total. The van der Waals surface area contributed by atoms with Gasteiger partial charge in [0.2, 0.25) is 0 Å². The van der Waals surface area contributed by atoms with Crippen molar-refractivity contribution < 1.29 is 18.3 Å². The molecule has 1 fully saturated rings. The molecule has 1 aliphatic heterocycles. The summed E-state index contributed by atoms with van der Waals surface area (Å²) in [7, 11) is -3.45. The molecule has 2 aromatic rings. The number of carbonyl (C=O) groups excluding carboxylic acids is 1. The number of rotatable bonds is 3. The van der Waals surface area contributed by atoms with Crippen molar-refractivity contribution in [2.75, 3.05) is 18.8 Å². The second-order valence-electron chi connectivity index (χ2n) is 6.30. The number of hydrogen-bond donors (Lipinski definition) is 1. The molecular weight excluding hydrogens is 374 g/mol. The largest absolute Gasteiger partial charge is 0.378 e. The van der Waals surface area contributed by atoms with Gasteiger partial charge in [-0.05, 0) is 23.6 Å². The number of amides is 1. The summed E-state index contributed by atoms with van der Waals surface area (Å²) >= 11 is 6.18. The van der Waals surface area contributed by atoms with E-state index < -0.39 is 27.1 Å². The van der Waals surface area contributed by atoms with Crippen molar-refractivity contribution in [2.45, 2.75) is 17.8 Å². The summed E-state index contributed by atoms with van der Waals surface area (Å²) in [5, 5.41) is 9.99. The molecule has 0 aromatic heterocycles. The van der Waals surface area contributed by atoms with Crippen molar-refractivity contribution >= 4 is 27.3 Å². The maximum absolute atomic E-state index is 12.7. The summed E-state index contributed by atoms with van der Waals surface area (Å²) in [6.07, 6.45) is -1.05. The lowest BCUT2D eigenvalue weighted by molar-refractivity contribution is -0.140. The Balaban J connectivity index is 1.80. The van der Waals surface area contributed by atoms with E-state index in [1.165, 1.54) is 4.90 Å². The summed E-state index contributed by atoms with van der Waals surface area (Å²) in [5.74, 6) is -0.637. The predicted molar refractivity (Wildman–Crippen MR) is 101 cm³/mol. The molecule has 138 valence electrons. The molecule has 7 heteroatoms. The predicted octanol–water partition coefficient (Wildman–Crippen LogP) is 2.76. The van der Waals surface area contributed by atoms with Gasteiger partial charge in [-0.25, -0.2) is 8.42 Å². The van der Waals surface area contributed by atoms with Gasteiger partial charge in [0.15, 0.2) is 15.9 Å². The van der Waals surface area contributed by atoms with Crippen molar-refractivity contribution in [1.82, 2.24) is 4.90 Å². The van der Waals surface area contributed by atoms with Gasteiger partial charge < -0.3 is 10.0 Å². The number of sulfone groups is 1. The quantitative estimate of drug-likeness (QED) is 0.870. The third-order valence-electron chi connectivity index (χ3n) is 4.65. The molecule has 0 spiro atoms. The van der Waals surface area contributed by atoms with Crippen LogP contribution in [-0.2, 0) is 14.6 Å². The number of halogens is 1. The number of carbonyl (C=O) groups is 1. The Morgan fingerprint density at radius 3 is 2.42 bits per heavy atom. The van der Waals surface area contributed by atoms with Crippen LogP contribution in [0, 0.1) is 0 Å². The van der Waals surface area contributed by atoms with Crippen molar-refractivity contribution in [3.05, 3.63) is 70.7 Å². The Kier molecular flexibility index (Phi) is 5.65. The second kappa shape index (κ2) is 7.78. The summed E-state index contributed by atoms with van der Waals surface area (Å²) in [6.45, 7) is 0.309. The Bertz CT molecular complexity index is 885. The minimum absolute atomic E-state index is 0.0615. The zero-order valence-electron chi connectivity index (χ0n) is 14.1. The summed E-state index contributed by atoms with van der Waals surface area (Å²) in [5.41, 5.74) is 1.05. The maximum atomic E-state index is 12.7. The topological polar surface area (TPSA) is 74.7 Å². The number of aliphatic hydroxyl groups is 1. The van der Waals surface area contributed by atoms with Crippen LogP contribution in [0.2, 0.25) is 5.02 Å². The molecule has 1 saturated heterocycles. The Hall–Kier alpha value is -1.89. The number of nitrogens with zero attached hydrogens (tertiary/aromatic N) is 1. The number of aliphatic hydroxyl groups excluding tert-OH is 1. The molecule has 0 saturated carbocycles. The Morgan fingerprint density at radius 2 is 1.73 bits per heavy atom.